The van der Waals surface area contributed by atoms with Gasteiger partial charge in [0, 0.05) is 44.0 Å². The zero-order chi connectivity index (χ0) is 13.7. The summed E-state index contributed by atoms with van der Waals surface area (Å²) in [7, 11) is 0. The molecular formula is C16H27N3. The van der Waals surface area contributed by atoms with Crippen LogP contribution in [-0.4, -0.2) is 54.6 Å². The van der Waals surface area contributed by atoms with Crippen LogP contribution < -0.4 is 5.32 Å². The van der Waals surface area contributed by atoms with E-state index in [-0.39, 0.29) is 0 Å². The molecule has 1 aromatic rings. The molecule has 1 aliphatic rings. The van der Waals surface area contributed by atoms with Gasteiger partial charge in [0.1, 0.15) is 0 Å². The Bertz CT molecular complexity index is 366. The SMILES string of the molecule is CCN1CCN(C(C)CNc2ccccc2)CC1C. The van der Waals surface area contributed by atoms with Crippen LogP contribution in [-0.2, 0) is 0 Å². The molecule has 0 aromatic heterocycles. The maximum Gasteiger partial charge on any atom is 0.0340 e. The summed E-state index contributed by atoms with van der Waals surface area (Å²) < 4.78 is 0. The van der Waals surface area contributed by atoms with Gasteiger partial charge in [-0.3, -0.25) is 9.80 Å². The van der Waals surface area contributed by atoms with Gasteiger partial charge in [0.15, 0.2) is 0 Å². The van der Waals surface area contributed by atoms with E-state index >= 15 is 0 Å². The van der Waals surface area contributed by atoms with Gasteiger partial charge in [-0.05, 0) is 32.5 Å². The van der Waals surface area contributed by atoms with E-state index in [9.17, 15) is 0 Å². The lowest BCUT2D eigenvalue weighted by atomic mass is 10.1. The average molecular weight is 261 g/mol. The van der Waals surface area contributed by atoms with Crippen LogP contribution in [0.15, 0.2) is 30.3 Å². The van der Waals surface area contributed by atoms with E-state index in [1.54, 1.807) is 0 Å². The van der Waals surface area contributed by atoms with Gasteiger partial charge in [-0.25, -0.2) is 0 Å². The van der Waals surface area contributed by atoms with Gasteiger partial charge >= 0.3 is 0 Å². The molecule has 3 nitrogen and oxygen atoms in total. The molecule has 2 atom stereocenters. The summed E-state index contributed by atoms with van der Waals surface area (Å²) in [4.78, 5) is 5.17. The van der Waals surface area contributed by atoms with Crippen molar-refractivity contribution in [3.05, 3.63) is 30.3 Å². The molecule has 2 rings (SSSR count). The minimum absolute atomic E-state index is 0.585. The predicted molar refractivity (Wildman–Crippen MR) is 82.7 cm³/mol. The highest BCUT2D eigenvalue weighted by atomic mass is 15.3. The van der Waals surface area contributed by atoms with Gasteiger partial charge in [0.25, 0.3) is 0 Å². The molecule has 1 aliphatic heterocycles. The first-order valence-corrected chi connectivity index (χ1v) is 7.47. The minimum atomic E-state index is 0.585. The topological polar surface area (TPSA) is 18.5 Å². The van der Waals surface area contributed by atoms with Crippen molar-refractivity contribution in [3.63, 3.8) is 0 Å². The largest absolute Gasteiger partial charge is 0.383 e. The lowest BCUT2D eigenvalue weighted by molar-refractivity contribution is 0.0672. The van der Waals surface area contributed by atoms with E-state index in [4.69, 9.17) is 0 Å². The van der Waals surface area contributed by atoms with Crippen LogP contribution in [0.5, 0.6) is 0 Å². The van der Waals surface area contributed by atoms with Gasteiger partial charge < -0.3 is 5.32 Å². The van der Waals surface area contributed by atoms with Crippen molar-refractivity contribution in [2.45, 2.75) is 32.9 Å². The molecule has 19 heavy (non-hydrogen) atoms. The molecule has 0 saturated carbocycles. The molecule has 0 amide bonds. The van der Waals surface area contributed by atoms with E-state index in [0.717, 1.165) is 6.54 Å². The third kappa shape index (κ3) is 3.95. The smallest absolute Gasteiger partial charge is 0.0340 e. The maximum absolute atomic E-state index is 3.53. The Kier molecular flexibility index (Phi) is 5.23. The number of anilines is 1. The second-order valence-corrected chi connectivity index (χ2v) is 5.57. The first kappa shape index (κ1) is 14.4. The predicted octanol–water partition coefficient (Wildman–Crippen LogP) is 2.51. The van der Waals surface area contributed by atoms with E-state index in [1.165, 1.54) is 31.9 Å². The molecule has 3 heteroatoms. The summed E-state index contributed by atoms with van der Waals surface area (Å²) >= 11 is 0. The van der Waals surface area contributed by atoms with Crippen LogP contribution in [0.25, 0.3) is 0 Å². The van der Waals surface area contributed by atoms with Crippen LogP contribution >= 0.6 is 0 Å². The normalized spacial score (nSPS) is 23.2. The first-order chi connectivity index (χ1) is 9.20. The van der Waals surface area contributed by atoms with Crippen LogP contribution in [0.4, 0.5) is 5.69 Å². The van der Waals surface area contributed by atoms with Crippen LogP contribution in [0, 0.1) is 0 Å². The van der Waals surface area contributed by atoms with Crippen molar-refractivity contribution in [2.24, 2.45) is 0 Å². The highest BCUT2D eigenvalue weighted by Gasteiger charge is 2.25. The van der Waals surface area contributed by atoms with Gasteiger partial charge in [-0.1, -0.05) is 25.1 Å². The van der Waals surface area contributed by atoms with Crippen molar-refractivity contribution >= 4 is 5.69 Å². The van der Waals surface area contributed by atoms with Gasteiger partial charge in [0.2, 0.25) is 0 Å². The summed E-state index contributed by atoms with van der Waals surface area (Å²) in [5, 5.41) is 3.53. The Morgan fingerprint density at radius 3 is 2.63 bits per heavy atom. The molecule has 0 spiro atoms. The van der Waals surface area contributed by atoms with Crippen molar-refractivity contribution in [3.8, 4) is 0 Å². The lowest BCUT2D eigenvalue weighted by Gasteiger charge is -2.42. The third-order valence-electron chi connectivity index (χ3n) is 4.20. The van der Waals surface area contributed by atoms with Gasteiger partial charge in [-0.2, -0.15) is 0 Å². The minimum Gasteiger partial charge on any atom is -0.383 e. The number of piperazine rings is 1. The number of nitrogens with zero attached hydrogens (tertiary/aromatic N) is 2. The zero-order valence-electron chi connectivity index (χ0n) is 12.5. The number of hydrogen-bond donors (Lipinski definition) is 1. The van der Waals surface area contributed by atoms with E-state index in [2.05, 4.69) is 66.2 Å². The molecule has 0 bridgehead atoms. The molecule has 1 saturated heterocycles. The fourth-order valence-corrected chi connectivity index (χ4v) is 2.84. The summed E-state index contributed by atoms with van der Waals surface area (Å²) in [6.45, 7) is 12.7. The summed E-state index contributed by atoms with van der Waals surface area (Å²) in [6, 6.07) is 11.7. The van der Waals surface area contributed by atoms with Crippen LogP contribution in [0.1, 0.15) is 20.8 Å². The van der Waals surface area contributed by atoms with Crippen molar-refractivity contribution in [2.75, 3.05) is 38.0 Å². The van der Waals surface area contributed by atoms with Crippen LogP contribution in [0.2, 0.25) is 0 Å². The average Bonchev–Trinajstić information content (AvgIpc) is 2.45. The summed E-state index contributed by atoms with van der Waals surface area (Å²) in [5.41, 5.74) is 1.22. The maximum atomic E-state index is 3.53. The molecule has 0 aliphatic carbocycles. The monoisotopic (exact) mass is 261 g/mol. The second kappa shape index (κ2) is 6.92. The quantitative estimate of drug-likeness (QED) is 0.878. The van der Waals surface area contributed by atoms with E-state index in [1.807, 2.05) is 0 Å². The van der Waals surface area contributed by atoms with Gasteiger partial charge in [0.05, 0.1) is 0 Å². The Morgan fingerprint density at radius 1 is 1.26 bits per heavy atom. The molecule has 1 aromatic carbocycles. The third-order valence-corrected chi connectivity index (χ3v) is 4.20. The Hall–Kier alpha value is -1.06. The second-order valence-electron chi connectivity index (χ2n) is 5.57. The molecule has 1 N–H and O–H groups in total. The standard InChI is InChI=1S/C16H27N3/c1-4-18-10-11-19(13-15(18)3)14(2)12-17-16-8-6-5-7-9-16/h5-9,14-15,17H,4,10-13H2,1-3H3. The summed E-state index contributed by atoms with van der Waals surface area (Å²) in [6.07, 6.45) is 0. The number of likely N-dealkylation sites (N-methyl/N-ethyl adjacent to an activating group) is 1. The molecule has 106 valence electrons. The Morgan fingerprint density at radius 2 is 2.00 bits per heavy atom. The lowest BCUT2D eigenvalue weighted by Crippen LogP contribution is -2.55. The first-order valence-electron chi connectivity index (χ1n) is 7.47. The van der Waals surface area contributed by atoms with Gasteiger partial charge in [-0.15, -0.1) is 0 Å². The Labute approximate surface area is 117 Å². The van der Waals surface area contributed by atoms with Crippen molar-refractivity contribution in [1.29, 1.82) is 0 Å². The zero-order valence-corrected chi connectivity index (χ0v) is 12.5. The number of hydrogen-bond acceptors (Lipinski definition) is 3. The molecular weight excluding hydrogens is 234 g/mol. The van der Waals surface area contributed by atoms with Crippen molar-refractivity contribution < 1.29 is 0 Å². The van der Waals surface area contributed by atoms with E-state index in [0.29, 0.717) is 12.1 Å². The molecule has 1 fully saturated rings. The fraction of sp³-hybridized carbons (Fsp3) is 0.625. The molecule has 1 heterocycles. The highest BCUT2D eigenvalue weighted by molar-refractivity contribution is 5.42. The number of para-hydroxylation sites is 1. The summed E-state index contributed by atoms with van der Waals surface area (Å²) in [5.74, 6) is 0. The number of nitrogens with one attached hydrogen (secondary N) is 1. The Balaban J connectivity index is 1.79. The number of rotatable bonds is 5. The van der Waals surface area contributed by atoms with E-state index < -0.39 is 0 Å². The van der Waals surface area contributed by atoms with Crippen LogP contribution in [0.3, 0.4) is 0 Å². The number of benzene rings is 1. The van der Waals surface area contributed by atoms with Crippen molar-refractivity contribution in [1.82, 2.24) is 9.80 Å². The molecule has 2 unspecified atom stereocenters. The molecule has 0 radical (unpaired) electrons. The fourth-order valence-electron chi connectivity index (χ4n) is 2.84. The highest BCUT2D eigenvalue weighted by Crippen LogP contribution is 2.13.